The fraction of sp³-hybridized carbons (Fsp3) is 0.471. The van der Waals surface area contributed by atoms with Crippen LogP contribution in [0.25, 0.3) is 0 Å². The predicted molar refractivity (Wildman–Crippen MR) is 88.0 cm³/mol. The molecule has 0 radical (unpaired) electrons. The van der Waals surface area contributed by atoms with Crippen LogP contribution in [0.5, 0.6) is 5.75 Å². The van der Waals surface area contributed by atoms with Crippen molar-refractivity contribution in [3.05, 3.63) is 41.5 Å². The summed E-state index contributed by atoms with van der Waals surface area (Å²) in [6.07, 6.45) is 4.44. The fourth-order valence-corrected chi connectivity index (χ4v) is 2.72. The Labute approximate surface area is 140 Å². The number of amides is 1. The van der Waals surface area contributed by atoms with Crippen molar-refractivity contribution in [3.63, 3.8) is 0 Å². The van der Waals surface area contributed by atoms with Gasteiger partial charge in [-0.1, -0.05) is 6.92 Å². The van der Waals surface area contributed by atoms with Crippen molar-refractivity contribution >= 4 is 5.91 Å². The summed E-state index contributed by atoms with van der Waals surface area (Å²) in [5.74, 6) is 0.538. The Balaban J connectivity index is 1.68. The summed E-state index contributed by atoms with van der Waals surface area (Å²) in [4.78, 5) is 16.7. The lowest BCUT2D eigenvalue weighted by atomic mass is 10.0. The maximum absolute atomic E-state index is 12.5. The quantitative estimate of drug-likeness (QED) is 0.870. The number of pyridine rings is 1. The zero-order chi connectivity index (χ0) is 16.9. The number of H-pyrrole nitrogens is 1. The first-order valence-corrected chi connectivity index (χ1v) is 8.17. The molecule has 3 heterocycles. The Bertz CT molecular complexity index is 683. The molecule has 24 heavy (non-hydrogen) atoms. The lowest BCUT2D eigenvalue weighted by molar-refractivity contribution is -0.0136. The number of hydrogen-bond donors (Lipinski definition) is 2. The monoisotopic (exact) mass is 330 g/mol. The second-order valence-corrected chi connectivity index (χ2v) is 5.85. The summed E-state index contributed by atoms with van der Waals surface area (Å²) in [6, 6.07) is 3.65. The first-order valence-electron chi connectivity index (χ1n) is 8.17. The zero-order valence-corrected chi connectivity index (χ0v) is 13.9. The summed E-state index contributed by atoms with van der Waals surface area (Å²) in [5, 5.41) is 9.86. The molecule has 1 fully saturated rings. The van der Waals surface area contributed by atoms with E-state index >= 15 is 0 Å². The summed E-state index contributed by atoms with van der Waals surface area (Å²) in [5.41, 5.74) is 2.35. The maximum Gasteiger partial charge on any atom is 0.255 e. The highest BCUT2D eigenvalue weighted by Gasteiger charge is 2.30. The van der Waals surface area contributed by atoms with Crippen LogP contribution in [0.2, 0.25) is 0 Å². The standard InChI is InChI=1S/C17H22N4O3/c1-3-14-13(9-19-21-14)17(22)20-15-6-7-23-10-16(15)24-12-5-4-11(2)18-8-12/h4-5,8-9,15-16H,3,6-7,10H2,1-2H3,(H,19,21)(H,20,22)/t15-,16+/m0/s1. The van der Waals surface area contributed by atoms with Gasteiger partial charge in [-0.2, -0.15) is 5.10 Å². The van der Waals surface area contributed by atoms with Crippen LogP contribution < -0.4 is 10.1 Å². The second kappa shape index (κ2) is 7.44. The van der Waals surface area contributed by atoms with Gasteiger partial charge in [0.15, 0.2) is 0 Å². The number of hydrogen-bond acceptors (Lipinski definition) is 5. The molecular weight excluding hydrogens is 308 g/mol. The summed E-state index contributed by atoms with van der Waals surface area (Å²) < 4.78 is 11.5. The number of nitrogens with one attached hydrogen (secondary N) is 2. The SMILES string of the molecule is CCc1[nH]ncc1C(=O)N[C@H]1CCOC[C@H]1Oc1ccc(C)nc1. The molecule has 0 aromatic carbocycles. The third-order valence-electron chi connectivity index (χ3n) is 4.11. The van der Waals surface area contributed by atoms with E-state index in [2.05, 4.69) is 20.5 Å². The Morgan fingerprint density at radius 2 is 2.33 bits per heavy atom. The molecule has 7 nitrogen and oxygen atoms in total. The predicted octanol–water partition coefficient (Wildman–Crippen LogP) is 1.64. The number of aromatic amines is 1. The number of carbonyl (C=O) groups is 1. The van der Waals surface area contributed by atoms with Gasteiger partial charge in [-0.15, -0.1) is 0 Å². The van der Waals surface area contributed by atoms with Crippen molar-refractivity contribution in [2.75, 3.05) is 13.2 Å². The normalized spacial score (nSPS) is 20.6. The third-order valence-corrected chi connectivity index (χ3v) is 4.11. The van der Waals surface area contributed by atoms with Gasteiger partial charge >= 0.3 is 0 Å². The molecule has 0 aliphatic carbocycles. The van der Waals surface area contributed by atoms with Gasteiger partial charge in [0.1, 0.15) is 11.9 Å². The van der Waals surface area contributed by atoms with Gasteiger partial charge < -0.3 is 14.8 Å². The van der Waals surface area contributed by atoms with Gasteiger partial charge in [-0.05, 0) is 31.9 Å². The molecule has 3 rings (SSSR count). The molecule has 1 aliphatic heterocycles. The lowest BCUT2D eigenvalue weighted by Gasteiger charge is -2.32. The second-order valence-electron chi connectivity index (χ2n) is 5.85. The molecule has 128 valence electrons. The van der Waals surface area contributed by atoms with E-state index < -0.39 is 0 Å². The van der Waals surface area contributed by atoms with Crippen molar-refractivity contribution in [1.82, 2.24) is 20.5 Å². The number of aryl methyl sites for hydroxylation is 2. The number of aromatic nitrogens is 3. The molecule has 0 unspecified atom stereocenters. The number of rotatable bonds is 5. The average Bonchev–Trinajstić information content (AvgIpc) is 3.07. The third kappa shape index (κ3) is 3.73. The van der Waals surface area contributed by atoms with E-state index in [-0.39, 0.29) is 18.1 Å². The largest absolute Gasteiger partial charge is 0.484 e. The summed E-state index contributed by atoms with van der Waals surface area (Å²) >= 11 is 0. The van der Waals surface area contributed by atoms with Crippen LogP contribution in [0.3, 0.4) is 0 Å². The van der Waals surface area contributed by atoms with Crippen LogP contribution in [0, 0.1) is 6.92 Å². The van der Waals surface area contributed by atoms with Gasteiger partial charge in [0.05, 0.1) is 30.6 Å². The Morgan fingerprint density at radius 1 is 1.46 bits per heavy atom. The average molecular weight is 330 g/mol. The van der Waals surface area contributed by atoms with E-state index in [9.17, 15) is 4.79 Å². The van der Waals surface area contributed by atoms with Crippen LogP contribution in [0.1, 0.15) is 35.1 Å². The van der Waals surface area contributed by atoms with Crippen LogP contribution in [-0.2, 0) is 11.2 Å². The molecule has 2 atom stereocenters. The van der Waals surface area contributed by atoms with Gasteiger partial charge in [0.25, 0.3) is 5.91 Å². The van der Waals surface area contributed by atoms with Crippen molar-refractivity contribution in [3.8, 4) is 5.75 Å². The minimum absolute atomic E-state index is 0.118. The van der Waals surface area contributed by atoms with Gasteiger partial charge in [0.2, 0.25) is 0 Å². The summed E-state index contributed by atoms with van der Waals surface area (Å²) in [6.45, 7) is 4.94. The Morgan fingerprint density at radius 3 is 3.08 bits per heavy atom. The van der Waals surface area contributed by atoms with E-state index in [1.165, 1.54) is 0 Å². The van der Waals surface area contributed by atoms with Crippen LogP contribution in [-0.4, -0.2) is 46.4 Å². The molecule has 0 spiro atoms. The molecule has 1 amide bonds. The molecule has 0 saturated carbocycles. The van der Waals surface area contributed by atoms with Gasteiger partial charge in [0, 0.05) is 18.0 Å². The Hall–Kier alpha value is -2.41. The van der Waals surface area contributed by atoms with Gasteiger partial charge in [-0.25, -0.2) is 0 Å². The molecule has 1 saturated heterocycles. The maximum atomic E-state index is 12.5. The minimum atomic E-state index is -0.246. The minimum Gasteiger partial charge on any atom is -0.484 e. The zero-order valence-electron chi connectivity index (χ0n) is 13.9. The van der Waals surface area contributed by atoms with E-state index in [0.29, 0.717) is 30.9 Å². The molecular formula is C17H22N4O3. The van der Waals surface area contributed by atoms with Crippen LogP contribution >= 0.6 is 0 Å². The van der Waals surface area contributed by atoms with Crippen LogP contribution in [0.15, 0.2) is 24.5 Å². The van der Waals surface area contributed by atoms with E-state index in [1.54, 1.807) is 12.4 Å². The molecule has 0 bridgehead atoms. The highest BCUT2D eigenvalue weighted by atomic mass is 16.5. The molecule has 2 aromatic heterocycles. The summed E-state index contributed by atoms with van der Waals surface area (Å²) in [7, 11) is 0. The van der Waals surface area contributed by atoms with E-state index in [0.717, 1.165) is 17.8 Å². The van der Waals surface area contributed by atoms with Crippen molar-refractivity contribution < 1.29 is 14.3 Å². The number of carbonyl (C=O) groups excluding carboxylic acids is 1. The van der Waals surface area contributed by atoms with E-state index in [4.69, 9.17) is 9.47 Å². The highest BCUT2D eigenvalue weighted by molar-refractivity contribution is 5.95. The molecule has 1 aliphatic rings. The topological polar surface area (TPSA) is 89.1 Å². The Kier molecular flexibility index (Phi) is 5.10. The van der Waals surface area contributed by atoms with Crippen molar-refractivity contribution in [1.29, 1.82) is 0 Å². The molecule has 7 heteroatoms. The number of nitrogens with zero attached hydrogens (tertiary/aromatic N) is 2. The fourth-order valence-electron chi connectivity index (χ4n) is 2.72. The van der Waals surface area contributed by atoms with Crippen LogP contribution in [0.4, 0.5) is 0 Å². The van der Waals surface area contributed by atoms with Crippen molar-refractivity contribution in [2.24, 2.45) is 0 Å². The lowest BCUT2D eigenvalue weighted by Crippen LogP contribution is -2.51. The highest BCUT2D eigenvalue weighted by Crippen LogP contribution is 2.18. The smallest absolute Gasteiger partial charge is 0.255 e. The molecule has 2 aromatic rings. The first-order chi connectivity index (χ1) is 11.7. The molecule has 2 N–H and O–H groups in total. The van der Waals surface area contributed by atoms with E-state index in [1.807, 2.05) is 26.0 Å². The van der Waals surface area contributed by atoms with Crippen molar-refractivity contribution in [2.45, 2.75) is 38.8 Å². The first kappa shape index (κ1) is 16.4. The number of ether oxygens (including phenoxy) is 2. The van der Waals surface area contributed by atoms with Gasteiger partial charge in [-0.3, -0.25) is 14.9 Å².